The largest absolute Gasteiger partial charge is 0.490 e. The molecule has 1 aliphatic rings. The molecule has 1 aromatic carbocycles. The molecule has 16 heavy (non-hydrogen) atoms. The van der Waals surface area contributed by atoms with Gasteiger partial charge in [-0.2, -0.15) is 0 Å². The van der Waals surface area contributed by atoms with Crippen LogP contribution in [-0.2, 0) is 11.3 Å². The highest BCUT2D eigenvalue weighted by molar-refractivity contribution is 9.10. The Hall–Kier alpha value is -0.580. The van der Waals surface area contributed by atoms with Crippen molar-refractivity contribution < 1.29 is 14.6 Å². The van der Waals surface area contributed by atoms with Gasteiger partial charge in [-0.05, 0) is 46.5 Å². The van der Waals surface area contributed by atoms with Gasteiger partial charge in [0.05, 0.1) is 17.2 Å². The molecule has 0 radical (unpaired) electrons. The molecule has 88 valence electrons. The summed E-state index contributed by atoms with van der Waals surface area (Å²) in [4.78, 5) is 0. The van der Waals surface area contributed by atoms with Crippen molar-refractivity contribution in [2.75, 3.05) is 13.2 Å². The molecule has 0 spiro atoms. The Bertz CT molecular complexity index is 348. The minimum Gasteiger partial charge on any atom is -0.490 e. The summed E-state index contributed by atoms with van der Waals surface area (Å²) in [5.74, 6) is 0.799. The van der Waals surface area contributed by atoms with Crippen molar-refractivity contribution >= 4 is 15.9 Å². The maximum atomic E-state index is 8.97. The summed E-state index contributed by atoms with van der Waals surface area (Å²) in [5, 5.41) is 8.97. The Morgan fingerprint density at radius 1 is 1.50 bits per heavy atom. The molecule has 1 aromatic rings. The molecule has 1 aliphatic heterocycles. The summed E-state index contributed by atoms with van der Waals surface area (Å²) in [6, 6.07) is 5.59. The molecule has 0 bridgehead atoms. The molecule has 0 aliphatic carbocycles. The summed E-state index contributed by atoms with van der Waals surface area (Å²) in [5.41, 5.74) is 0.872. The predicted octanol–water partition coefficient (Wildman–Crippen LogP) is 2.50. The Morgan fingerprint density at radius 2 is 2.38 bits per heavy atom. The molecule has 1 saturated heterocycles. The van der Waals surface area contributed by atoms with Crippen molar-refractivity contribution in [3.63, 3.8) is 0 Å². The molecular formula is C12H15BrO3. The van der Waals surface area contributed by atoms with Crippen molar-refractivity contribution in [1.29, 1.82) is 0 Å². The fourth-order valence-corrected chi connectivity index (χ4v) is 2.26. The molecule has 0 aromatic heterocycles. The maximum Gasteiger partial charge on any atom is 0.133 e. The maximum absolute atomic E-state index is 8.97. The van der Waals surface area contributed by atoms with E-state index in [0.717, 1.165) is 35.2 Å². The van der Waals surface area contributed by atoms with E-state index >= 15 is 0 Å². The summed E-state index contributed by atoms with van der Waals surface area (Å²) >= 11 is 3.42. The number of aliphatic hydroxyl groups excluding tert-OH is 1. The van der Waals surface area contributed by atoms with Gasteiger partial charge < -0.3 is 14.6 Å². The highest BCUT2D eigenvalue weighted by atomic mass is 79.9. The summed E-state index contributed by atoms with van der Waals surface area (Å²) in [7, 11) is 0. The molecule has 2 rings (SSSR count). The van der Waals surface area contributed by atoms with Gasteiger partial charge in [0.1, 0.15) is 12.4 Å². The van der Waals surface area contributed by atoms with E-state index in [9.17, 15) is 0 Å². The minimum atomic E-state index is 0.0462. The lowest BCUT2D eigenvalue weighted by atomic mass is 10.2. The first-order valence-corrected chi connectivity index (χ1v) is 6.22. The van der Waals surface area contributed by atoms with Crippen molar-refractivity contribution in [1.82, 2.24) is 0 Å². The van der Waals surface area contributed by atoms with Crippen LogP contribution in [-0.4, -0.2) is 24.4 Å². The predicted molar refractivity (Wildman–Crippen MR) is 64.5 cm³/mol. The van der Waals surface area contributed by atoms with E-state index in [1.54, 1.807) is 0 Å². The first-order chi connectivity index (χ1) is 7.79. The molecule has 0 amide bonds. The number of hydrogen-bond acceptors (Lipinski definition) is 3. The minimum absolute atomic E-state index is 0.0462. The number of hydrogen-bond donors (Lipinski definition) is 1. The summed E-state index contributed by atoms with van der Waals surface area (Å²) in [6.07, 6.45) is 2.43. The third-order valence-electron chi connectivity index (χ3n) is 2.63. The fraction of sp³-hybridized carbons (Fsp3) is 0.500. The fourth-order valence-electron chi connectivity index (χ4n) is 1.72. The van der Waals surface area contributed by atoms with Crippen LogP contribution in [0.25, 0.3) is 0 Å². The van der Waals surface area contributed by atoms with E-state index in [4.69, 9.17) is 14.6 Å². The van der Waals surface area contributed by atoms with Crippen LogP contribution in [0.2, 0.25) is 0 Å². The van der Waals surface area contributed by atoms with Crippen LogP contribution >= 0.6 is 15.9 Å². The van der Waals surface area contributed by atoms with Gasteiger partial charge in [0.25, 0.3) is 0 Å². The second kappa shape index (κ2) is 5.66. The number of aliphatic hydroxyl groups is 1. The van der Waals surface area contributed by atoms with Crippen LogP contribution in [0, 0.1) is 0 Å². The Morgan fingerprint density at radius 3 is 3.00 bits per heavy atom. The van der Waals surface area contributed by atoms with E-state index in [-0.39, 0.29) is 12.7 Å². The highest BCUT2D eigenvalue weighted by Gasteiger charge is 2.16. The summed E-state index contributed by atoms with van der Waals surface area (Å²) < 4.78 is 12.0. The van der Waals surface area contributed by atoms with Gasteiger partial charge in [0, 0.05) is 6.61 Å². The van der Waals surface area contributed by atoms with Crippen LogP contribution in [0.15, 0.2) is 22.7 Å². The van der Waals surface area contributed by atoms with Gasteiger partial charge in [-0.15, -0.1) is 0 Å². The van der Waals surface area contributed by atoms with Gasteiger partial charge in [-0.3, -0.25) is 0 Å². The van der Waals surface area contributed by atoms with Gasteiger partial charge in [-0.1, -0.05) is 6.07 Å². The topological polar surface area (TPSA) is 38.7 Å². The molecular weight excluding hydrogens is 272 g/mol. The van der Waals surface area contributed by atoms with Crippen LogP contribution in [0.5, 0.6) is 5.75 Å². The van der Waals surface area contributed by atoms with Crippen molar-refractivity contribution in [2.24, 2.45) is 0 Å². The third-order valence-corrected chi connectivity index (χ3v) is 3.25. The molecule has 4 heteroatoms. The van der Waals surface area contributed by atoms with E-state index in [0.29, 0.717) is 6.61 Å². The zero-order valence-corrected chi connectivity index (χ0v) is 10.6. The quantitative estimate of drug-likeness (QED) is 0.924. The second-order valence-electron chi connectivity index (χ2n) is 3.87. The van der Waals surface area contributed by atoms with Crippen LogP contribution in [0.3, 0.4) is 0 Å². The van der Waals surface area contributed by atoms with Gasteiger partial charge in [-0.25, -0.2) is 0 Å². The average molecular weight is 287 g/mol. The monoisotopic (exact) mass is 286 g/mol. The molecule has 1 heterocycles. The summed E-state index contributed by atoms with van der Waals surface area (Å²) in [6.45, 7) is 1.49. The lowest BCUT2D eigenvalue weighted by Crippen LogP contribution is -2.16. The number of rotatable bonds is 4. The van der Waals surface area contributed by atoms with Crippen molar-refractivity contribution in [3.8, 4) is 5.75 Å². The van der Waals surface area contributed by atoms with Gasteiger partial charge >= 0.3 is 0 Å². The molecule has 3 nitrogen and oxygen atoms in total. The third kappa shape index (κ3) is 2.97. The molecule has 1 atom stereocenters. The van der Waals surface area contributed by atoms with E-state index in [2.05, 4.69) is 15.9 Å². The first kappa shape index (κ1) is 11.9. The first-order valence-electron chi connectivity index (χ1n) is 5.43. The Kier molecular flexibility index (Phi) is 4.21. The molecule has 0 saturated carbocycles. The van der Waals surface area contributed by atoms with Crippen LogP contribution < -0.4 is 4.74 Å². The SMILES string of the molecule is OCc1ccc(OCC2CCCO2)c(Br)c1. The average Bonchev–Trinajstić information content (AvgIpc) is 2.80. The van der Waals surface area contributed by atoms with Crippen LogP contribution in [0.4, 0.5) is 0 Å². The standard InChI is InChI=1S/C12H15BrO3/c13-11-6-9(7-14)3-4-12(11)16-8-10-2-1-5-15-10/h3-4,6,10,14H,1-2,5,7-8H2. The zero-order valence-electron chi connectivity index (χ0n) is 8.99. The molecule has 1 N–H and O–H groups in total. The number of halogens is 1. The molecule has 1 fully saturated rings. The lowest BCUT2D eigenvalue weighted by molar-refractivity contribution is 0.0677. The normalized spacial score (nSPS) is 20.0. The lowest BCUT2D eigenvalue weighted by Gasteiger charge is -2.13. The van der Waals surface area contributed by atoms with Crippen molar-refractivity contribution in [3.05, 3.63) is 28.2 Å². The number of ether oxygens (including phenoxy) is 2. The zero-order chi connectivity index (χ0) is 11.4. The Balaban J connectivity index is 1.93. The van der Waals surface area contributed by atoms with Crippen LogP contribution in [0.1, 0.15) is 18.4 Å². The van der Waals surface area contributed by atoms with Crippen molar-refractivity contribution in [2.45, 2.75) is 25.6 Å². The van der Waals surface area contributed by atoms with Gasteiger partial charge in [0.15, 0.2) is 0 Å². The molecule has 1 unspecified atom stereocenters. The Labute approximate surface area is 104 Å². The second-order valence-corrected chi connectivity index (χ2v) is 4.72. The van der Waals surface area contributed by atoms with E-state index in [1.807, 2.05) is 18.2 Å². The van der Waals surface area contributed by atoms with E-state index < -0.39 is 0 Å². The number of benzene rings is 1. The van der Waals surface area contributed by atoms with Gasteiger partial charge in [0.2, 0.25) is 0 Å². The smallest absolute Gasteiger partial charge is 0.133 e. The highest BCUT2D eigenvalue weighted by Crippen LogP contribution is 2.26. The van der Waals surface area contributed by atoms with E-state index in [1.165, 1.54) is 0 Å².